The molecule has 4 aromatic rings. The van der Waals surface area contributed by atoms with Crippen molar-refractivity contribution >= 4 is 58.2 Å². The Morgan fingerprint density at radius 1 is 0.889 bits per heavy atom. The largest absolute Gasteiger partial charge is 0.490 e. The van der Waals surface area contributed by atoms with Gasteiger partial charge in [0.1, 0.15) is 30.0 Å². The van der Waals surface area contributed by atoms with Gasteiger partial charge in [-0.3, -0.25) is 28.9 Å². The van der Waals surface area contributed by atoms with Crippen LogP contribution in [0, 0.1) is 23.7 Å². The number of aryl methyl sites for hydroxylation is 1. The van der Waals surface area contributed by atoms with Crippen molar-refractivity contribution < 1.29 is 38.2 Å². The number of nitrogens with one attached hydrogen (secondary N) is 3. The van der Waals surface area contributed by atoms with Crippen molar-refractivity contribution in [1.29, 1.82) is 5.26 Å². The maximum Gasteiger partial charge on any atom is 0.258 e. The molecule has 1 aromatic heterocycles. The summed E-state index contributed by atoms with van der Waals surface area (Å²) in [6.45, 7) is 12.6. The lowest BCUT2D eigenvalue weighted by molar-refractivity contribution is -0.145. The molecule has 1 saturated carbocycles. The number of halogens is 2. The van der Waals surface area contributed by atoms with Crippen LogP contribution in [0.1, 0.15) is 150 Å². The predicted octanol–water partition coefficient (Wildman–Crippen LogP) is 9.07. The monoisotopic (exact) mass is 1150 g/mol. The zero-order chi connectivity index (χ0) is 57.4. The van der Waals surface area contributed by atoms with E-state index in [1.165, 1.54) is 22.7 Å². The second-order valence-electron chi connectivity index (χ2n) is 24.1. The second-order valence-corrected chi connectivity index (χ2v) is 25.3. The highest BCUT2D eigenvalue weighted by Gasteiger charge is 2.53. The van der Waals surface area contributed by atoms with Crippen LogP contribution in [0.3, 0.4) is 0 Å². The van der Waals surface area contributed by atoms with Gasteiger partial charge in [0, 0.05) is 87.9 Å². The van der Waals surface area contributed by atoms with E-state index in [1.807, 2.05) is 43.3 Å². The first-order chi connectivity index (χ1) is 38.9. The standard InChI is InChI=1S/C62H79ClFN9O7S/c1-40-55(81-39-67-40)42-14-12-41(13-15-42)52(68-57(76)53-34-48(74)38-72(53)59(78)56(61(2,3)4)69-60(79)62(64)24-25-62)36-54(75)66-26-10-8-6-5-7-9-11-27-70-28-30-71(31-29-70)45-19-16-43(17-20-45)58(77)73-46-21-22-47(73)33-50(32-46)80-49-23-18-44(37-65)51(63)35-49/h12-20,23,35,39,46-48,50,52-53,56,74H,5-11,21-22,24-34,36,38H2,1-4H3,(H,66,75)(H,68,76)(H,69,79)/t46-,47+,48-,50?,52-,53+,56-/m0/s1. The number of piperidine rings is 1. The number of carbonyl (C=O) groups excluding carboxylic acids is 5. The maximum atomic E-state index is 14.8. The highest BCUT2D eigenvalue weighted by molar-refractivity contribution is 7.13. The van der Waals surface area contributed by atoms with Crippen molar-refractivity contribution in [3.05, 3.63) is 99.6 Å². The fourth-order valence-electron chi connectivity index (χ4n) is 12.1. The fourth-order valence-corrected chi connectivity index (χ4v) is 13.1. The summed E-state index contributed by atoms with van der Waals surface area (Å²) in [6.07, 6.45) is 10.1. The van der Waals surface area contributed by atoms with Gasteiger partial charge in [0.25, 0.3) is 11.8 Å². The van der Waals surface area contributed by atoms with Gasteiger partial charge in [-0.05, 0) is 105 Å². The number of anilines is 1. The number of aliphatic hydroxyl groups excluding tert-OH is 1. The van der Waals surface area contributed by atoms with Crippen molar-refractivity contribution in [3.8, 4) is 22.3 Å². The Hall–Kier alpha value is -6.13. The van der Waals surface area contributed by atoms with E-state index in [0.717, 1.165) is 124 Å². The minimum absolute atomic E-state index is 0.00388. The number of aromatic nitrogens is 1. The smallest absolute Gasteiger partial charge is 0.258 e. The van der Waals surface area contributed by atoms with Crippen LogP contribution in [0.25, 0.3) is 10.4 Å². The number of likely N-dealkylation sites (tertiary alicyclic amines) is 1. The Labute approximate surface area is 485 Å². The summed E-state index contributed by atoms with van der Waals surface area (Å²) in [5, 5.41) is 29.1. The number of piperazine rings is 1. The Morgan fingerprint density at radius 2 is 1.56 bits per heavy atom. The van der Waals surface area contributed by atoms with E-state index in [1.54, 1.807) is 44.5 Å². The Bertz CT molecular complexity index is 2890. The van der Waals surface area contributed by atoms with Crippen molar-refractivity contribution in [2.75, 3.05) is 50.7 Å². The molecule has 0 radical (unpaired) electrons. The first-order valence-corrected chi connectivity index (χ1v) is 30.5. The van der Waals surface area contributed by atoms with Crippen LogP contribution < -0.4 is 25.6 Å². The van der Waals surface area contributed by atoms with Crippen molar-refractivity contribution in [2.24, 2.45) is 5.41 Å². The quantitative estimate of drug-likeness (QED) is 0.0517. The van der Waals surface area contributed by atoms with Gasteiger partial charge >= 0.3 is 0 Å². The van der Waals surface area contributed by atoms with Gasteiger partial charge in [-0.15, -0.1) is 11.3 Å². The average Bonchev–Trinajstić information content (AvgIpc) is 3.98. The predicted molar refractivity (Wildman–Crippen MR) is 312 cm³/mol. The molecule has 4 aliphatic heterocycles. The third kappa shape index (κ3) is 14.9. The number of β-amino-alcohol motifs (C(OH)–C–C–N with tert-alkyl or cyclic N) is 1. The van der Waals surface area contributed by atoms with Gasteiger partial charge in [-0.25, -0.2) is 9.37 Å². The van der Waals surface area contributed by atoms with Gasteiger partial charge in [0.2, 0.25) is 17.7 Å². The second kappa shape index (κ2) is 26.4. The summed E-state index contributed by atoms with van der Waals surface area (Å²) in [5.41, 5.74) is 3.84. The van der Waals surface area contributed by atoms with Crippen LogP contribution in [0.5, 0.6) is 5.75 Å². The lowest BCUT2D eigenvalue weighted by Gasteiger charge is -2.39. The summed E-state index contributed by atoms with van der Waals surface area (Å²) in [5.74, 6) is -1.43. The highest BCUT2D eigenvalue weighted by Crippen LogP contribution is 2.41. The molecule has 7 atom stereocenters. The van der Waals surface area contributed by atoms with Gasteiger partial charge in [0.05, 0.1) is 45.2 Å². The number of alkyl halides is 1. The SMILES string of the molecule is Cc1ncsc1-c1ccc([C@H](CC(=O)NCCCCCCCCCN2CCN(c3ccc(C(=O)N4[C@@H]5CC[C@H]4CC(Oc4ccc(C#N)c(Cl)c4)C5)cc3)CC2)NC(=O)[C@H]2C[C@H](O)CN2C(=O)[C@H](NC(=O)C2(F)CC2)C(C)(C)C)cc1. The number of ether oxygens (including phenoxy) is 1. The molecule has 81 heavy (non-hydrogen) atoms. The van der Waals surface area contributed by atoms with E-state index in [0.29, 0.717) is 28.4 Å². The number of carbonyl (C=O) groups is 5. The number of hydrogen-bond donors (Lipinski definition) is 4. The third-order valence-corrected chi connectivity index (χ3v) is 18.3. The summed E-state index contributed by atoms with van der Waals surface area (Å²) < 4.78 is 21.1. The zero-order valence-corrected chi connectivity index (χ0v) is 48.8. The van der Waals surface area contributed by atoms with E-state index in [2.05, 4.69) is 53.8 Å². The van der Waals surface area contributed by atoms with Crippen LogP contribution in [-0.4, -0.2) is 142 Å². The Balaban J connectivity index is 0.667. The number of benzene rings is 3. The van der Waals surface area contributed by atoms with E-state index < -0.39 is 53.0 Å². The molecule has 1 unspecified atom stereocenters. The van der Waals surface area contributed by atoms with Crippen LogP contribution in [0.4, 0.5) is 10.1 Å². The lowest BCUT2D eigenvalue weighted by Crippen LogP contribution is -2.59. The van der Waals surface area contributed by atoms with Crippen LogP contribution >= 0.6 is 22.9 Å². The van der Waals surface area contributed by atoms with Crippen LogP contribution in [-0.2, 0) is 19.2 Å². The van der Waals surface area contributed by atoms with Crippen molar-refractivity contribution in [2.45, 2.75) is 172 Å². The number of rotatable bonds is 23. The molecule has 9 rings (SSSR count). The molecule has 19 heteroatoms. The molecule has 4 saturated heterocycles. The molecule has 0 spiro atoms. The number of hydrogen-bond acceptors (Lipinski definition) is 12. The molecule has 434 valence electrons. The number of aliphatic hydroxyl groups is 1. The Morgan fingerprint density at radius 3 is 2.17 bits per heavy atom. The summed E-state index contributed by atoms with van der Waals surface area (Å²) in [4.78, 5) is 82.2. The average molecular weight is 1150 g/mol. The fraction of sp³-hybridized carbons (Fsp3) is 0.565. The molecule has 5 amide bonds. The summed E-state index contributed by atoms with van der Waals surface area (Å²) in [7, 11) is 0. The molecular weight excluding hydrogens is 1070 g/mol. The number of nitrogens with zero attached hydrogens (tertiary/aromatic N) is 6. The molecule has 5 aliphatic rings. The molecule has 5 heterocycles. The van der Waals surface area contributed by atoms with Crippen LogP contribution in [0.15, 0.2) is 72.2 Å². The molecule has 16 nitrogen and oxygen atoms in total. The number of amides is 5. The Kier molecular flexibility index (Phi) is 19.4. The number of nitriles is 1. The minimum atomic E-state index is -2.00. The number of unbranched alkanes of at least 4 members (excludes halogenated alkanes) is 6. The number of fused-ring (bicyclic) bond motifs is 2. The highest BCUT2D eigenvalue weighted by atomic mass is 35.5. The van der Waals surface area contributed by atoms with Gasteiger partial charge in [-0.2, -0.15) is 5.26 Å². The molecule has 4 N–H and O–H groups in total. The van der Waals surface area contributed by atoms with Gasteiger partial charge in [0.15, 0.2) is 5.67 Å². The minimum Gasteiger partial charge on any atom is -0.490 e. The van der Waals surface area contributed by atoms with E-state index in [-0.39, 0.29) is 62.2 Å². The molecule has 5 fully saturated rings. The zero-order valence-electron chi connectivity index (χ0n) is 47.3. The normalized spacial score (nSPS) is 22.1. The lowest BCUT2D eigenvalue weighted by atomic mass is 9.85. The summed E-state index contributed by atoms with van der Waals surface area (Å²) >= 11 is 7.78. The molecule has 2 bridgehead atoms. The topological polar surface area (TPSA) is 201 Å². The van der Waals surface area contributed by atoms with Gasteiger partial charge in [-0.1, -0.05) is 88.7 Å². The number of thiazole rings is 1. The molecular formula is C62H79ClFN9O7S. The van der Waals surface area contributed by atoms with E-state index >= 15 is 0 Å². The molecule has 3 aromatic carbocycles. The van der Waals surface area contributed by atoms with E-state index in [9.17, 15) is 38.7 Å². The first kappa shape index (κ1) is 59.5. The van der Waals surface area contributed by atoms with E-state index in [4.69, 9.17) is 16.3 Å². The van der Waals surface area contributed by atoms with Crippen LogP contribution in [0.2, 0.25) is 5.02 Å². The van der Waals surface area contributed by atoms with Crippen molar-refractivity contribution in [1.82, 2.24) is 35.6 Å². The first-order valence-electron chi connectivity index (χ1n) is 29.2. The third-order valence-electron chi connectivity index (χ3n) is 17.0. The van der Waals surface area contributed by atoms with Gasteiger partial charge < -0.3 is 40.5 Å². The molecule has 1 aliphatic carbocycles. The summed E-state index contributed by atoms with van der Waals surface area (Å²) in [6, 6.07) is 20.4. The van der Waals surface area contributed by atoms with Crippen molar-refractivity contribution in [3.63, 3.8) is 0 Å². The maximum absolute atomic E-state index is 14.8.